The van der Waals surface area contributed by atoms with Crippen molar-refractivity contribution in [1.82, 2.24) is 15.1 Å². The number of nitrogens with zero attached hydrogens (tertiary/aromatic N) is 2. The molecule has 8 heteroatoms. The number of rotatable bonds is 4. The standard InChI is InChI=1S/C23H30N4O4/c1-16-8-3-4-11-23(16)21(30)27(22(31)25-23)15-19(28)24-18-10-7-9-17(14-18)20(29)26-12-5-2-6-13-26/h7,9-10,14,16H,2-6,8,11-13,15H2,1H3,(H,24,28)(H,25,31). The fourth-order valence-electron chi connectivity index (χ4n) is 4.99. The highest BCUT2D eigenvalue weighted by atomic mass is 16.2. The van der Waals surface area contributed by atoms with E-state index in [9.17, 15) is 19.2 Å². The van der Waals surface area contributed by atoms with Crippen LogP contribution in [0.4, 0.5) is 10.5 Å². The van der Waals surface area contributed by atoms with Crippen molar-refractivity contribution in [1.29, 1.82) is 0 Å². The highest BCUT2D eigenvalue weighted by Gasteiger charge is 2.55. The van der Waals surface area contributed by atoms with Crippen LogP contribution in [-0.4, -0.2) is 58.7 Å². The Hall–Kier alpha value is -2.90. The monoisotopic (exact) mass is 426 g/mol. The minimum absolute atomic E-state index is 0.0434. The molecule has 0 aromatic heterocycles. The molecular weight excluding hydrogens is 396 g/mol. The SMILES string of the molecule is CC1CCCCC12NC(=O)N(CC(=O)Nc1cccc(C(=O)N3CCCCC3)c1)C2=O. The number of likely N-dealkylation sites (tertiary alicyclic amines) is 1. The van der Waals surface area contributed by atoms with E-state index in [0.29, 0.717) is 17.7 Å². The first-order valence-corrected chi connectivity index (χ1v) is 11.2. The van der Waals surface area contributed by atoms with Gasteiger partial charge in [-0.05, 0) is 56.2 Å². The lowest BCUT2D eigenvalue weighted by molar-refractivity contribution is -0.136. The van der Waals surface area contributed by atoms with Crippen molar-refractivity contribution in [3.8, 4) is 0 Å². The molecule has 2 saturated heterocycles. The predicted molar refractivity (Wildman–Crippen MR) is 115 cm³/mol. The smallest absolute Gasteiger partial charge is 0.325 e. The van der Waals surface area contributed by atoms with Crippen LogP contribution in [0.15, 0.2) is 24.3 Å². The number of anilines is 1. The zero-order valence-corrected chi connectivity index (χ0v) is 18.0. The maximum Gasteiger partial charge on any atom is 0.325 e. The maximum atomic E-state index is 13.0. The molecule has 31 heavy (non-hydrogen) atoms. The number of carbonyl (C=O) groups is 4. The van der Waals surface area contributed by atoms with Crippen LogP contribution in [0.3, 0.4) is 0 Å². The van der Waals surface area contributed by atoms with Gasteiger partial charge < -0.3 is 15.5 Å². The number of urea groups is 1. The summed E-state index contributed by atoms with van der Waals surface area (Å²) in [6, 6.07) is 6.28. The van der Waals surface area contributed by atoms with Gasteiger partial charge in [0.2, 0.25) is 5.91 Å². The van der Waals surface area contributed by atoms with Gasteiger partial charge in [-0.15, -0.1) is 0 Å². The third kappa shape index (κ3) is 4.16. The van der Waals surface area contributed by atoms with Gasteiger partial charge in [0.1, 0.15) is 12.1 Å². The van der Waals surface area contributed by atoms with E-state index < -0.39 is 17.5 Å². The van der Waals surface area contributed by atoms with Crippen LogP contribution in [0.5, 0.6) is 0 Å². The number of piperidine rings is 1. The topological polar surface area (TPSA) is 98.8 Å². The zero-order valence-electron chi connectivity index (χ0n) is 18.0. The van der Waals surface area contributed by atoms with Crippen LogP contribution in [0, 0.1) is 5.92 Å². The molecule has 4 rings (SSSR count). The summed E-state index contributed by atoms with van der Waals surface area (Å²) in [5.74, 6) is -0.776. The lowest BCUT2D eigenvalue weighted by Gasteiger charge is -2.36. The largest absolute Gasteiger partial charge is 0.339 e. The van der Waals surface area contributed by atoms with Gasteiger partial charge >= 0.3 is 6.03 Å². The number of hydrogen-bond donors (Lipinski definition) is 2. The summed E-state index contributed by atoms with van der Waals surface area (Å²) in [6.07, 6.45) is 6.57. The van der Waals surface area contributed by atoms with Crippen molar-refractivity contribution in [2.75, 3.05) is 25.0 Å². The Morgan fingerprint density at radius 1 is 1.13 bits per heavy atom. The third-order valence-electron chi connectivity index (χ3n) is 6.84. The van der Waals surface area contributed by atoms with Gasteiger partial charge in [0.05, 0.1) is 0 Å². The summed E-state index contributed by atoms with van der Waals surface area (Å²) in [7, 11) is 0. The molecule has 1 aliphatic carbocycles. The van der Waals surface area contributed by atoms with Crippen LogP contribution in [0.25, 0.3) is 0 Å². The van der Waals surface area contributed by atoms with Crippen molar-refractivity contribution < 1.29 is 19.2 Å². The molecule has 1 spiro atoms. The summed E-state index contributed by atoms with van der Waals surface area (Å²) >= 11 is 0. The summed E-state index contributed by atoms with van der Waals surface area (Å²) < 4.78 is 0. The van der Waals surface area contributed by atoms with Gasteiger partial charge in [-0.1, -0.05) is 25.8 Å². The lowest BCUT2D eigenvalue weighted by Crippen LogP contribution is -2.54. The predicted octanol–water partition coefficient (Wildman–Crippen LogP) is 2.75. The maximum absolute atomic E-state index is 13.0. The molecule has 2 atom stereocenters. The average molecular weight is 427 g/mol. The highest BCUT2D eigenvalue weighted by molar-refractivity contribution is 6.10. The second-order valence-corrected chi connectivity index (χ2v) is 8.92. The fourth-order valence-corrected chi connectivity index (χ4v) is 4.99. The Kier molecular flexibility index (Phi) is 5.98. The molecule has 1 aromatic rings. The molecule has 0 bridgehead atoms. The van der Waals surface area contributed by atoms with Crippen molar-refractivity contribution in [3.63, 3.8) is 0 Å². The van der Waals surface area contributed by atoms with Crippen molar-refractivity contribution in [3.05, 3.63) is 29.8 Å². The zero-order chi connectivity index (χ0) is 22.0. The minimum Gasteiger partial charge on any atom is -0.339 e. The average Bonchev–Trinajstić information content (AvgIpc) is 3.01. The Morgan fingerprint density at radius 3 is 2.65 bits per heavy atom. The van der Waals surface area contributed by atoms with E-state index in [4.69, 9.17) is 0 Å². The van der Waals surface area contributed by atoms with Crippen LogP contribution < -0.4 is 10.6 Å². The molecule has 2 unspecified atom stereocenters. The summed E-state index contributed by atoms with van der Waals surface area (Å²) in [5.41, 5.74) is 0.112. The quantitative estimate of drug-likeness (QED) is 0.723. The van der Waals surface area contributed by atoms with Crippen LogP contribution >= 0.6 is 0 Å². The van der Waals surface area contributed by atoms with Crippen molar-refractivity contribution >= 4 is 29.4 Å². The first-order chi connectivity index (χ1) is 14.9. The molecule has 3 aliphatic rings. The van der Waals surface area contributed by atoms with E-state index in [1.807, 2.05) is 11.8 Å². The van der Waals surface area contributed by atoms with Crippen LogP contribution in [0.2, 0.25) is 0 Å². The van der Waals surface area contributed by atoms with Crippen molar-refractivity contribution in [2.45, 2.75) is 57.4 Å². The van der Waals surface area contributed by atoms with Gasteiger partial charge in [0.15, 0.2) is 0 Å². The van der Waals surface area contributed by atoms with Crippen molar-refractivity contribution in [2.24, 2.45) is 5.92 Å². The Balaban J connectivity index is 1.40. The second kappa shape index (κ2) is 8.69. The molecule has 8 nitrogen and oxygen atoms in total. The molecular formula is C23H30N4O4. The van der Waals surface area contributed by atoms with E-state index in [2.05, 4.69) is 10.6 Å². The first kappa shape index (κ1) is 21.3. The molecule has 1 saturated carbocycles. The fraction of sp³-hybridized carbons (Fsp3) is 0.565. The summed E-state index contributed by atoms with van der Waals surface area (Å²) in [4.78, 5) is 53.7. The Morgan fingerprint density at radius 2 is 1.90 bits per heavy atom. The molecule has 5 amide bonds. The lowest BCUT2D eigenvalue weighted by atomic mass is 9.73. The number of benzene rings is 1. The number of amides is 5. The summed E-state index contributed by atoms with van der Waals surface area (Å²) in [5, 5.41) is 5.58. The first-order valence-electron chi connectivity index (χ1n) is 11.2. The molecule has 2 N–H and O–H groups in total. The van der Waals surface area contributed by atoms with E-state index in [-0.39, 0.29) is 24.3 Å². The molecule has 166 valence electrons. The number of imide groups is 1. The van der Waals surface area contributed by atoms with E-state index >= 15 is 0 Å². The molecule has 3 fully saturated rings. The van der Waals surface area contributed by atoms with Gasteiger partial charge in [0, 0.05) is 24.3 Å². The molecule has 1 aromatic carbocycles. The van der Waals surface area contributed by atoms with Gasteiger partial charge in [-0.2, -0.15) is 0 Å². The Labute approximate surface area is 182 Å². The van der Waals surface area contributed by atoms with E-state index in [0.717, 1.165) is 56.5 Å². The van der Waals surface area contributed by atoms with Crippen LogP contribution in [-0.2, 0) is 9.59 Å². The van der Waals surface area contributed by atoms with Gasteiger partial charge in [-0.3, -0.25) is 19.3 Å². The molecule has 0 radical (unpaired) electrons. The highest BCUT2D eigenvalue weighted by Crippen LogP contribution is 2.38. The third-order valence-corrected chi connectivity index (χ3v) is 6.84. The number of carbonyl (C=O) groups excluding carboxylic acids is 4. The normalized spacial score (nSPS) is 26.2. The number of nitrogens with one attached hydrogen (secondary N) is 2. The number of hydrogen-bond acceptors (Lipinski definition) is 4. The second-order valence-electron chi connectivity index (χ2n) is 8.92. The minimum atomic E-state index is -0.879. The molecule has 2 aliphatic heterocycles. The van der Waals surface area contributed by atoms with Gasteiger partial charge in [0.25, 0.3) is 11.8 Å². The molecule has 2 heterocycles. The van der Waals surface area contributed by atoms with E-state index in [1.54, 1.807) is 24.3 Å². The van der Waals surface area contributed by atoms with Gasteiger partial charge in [-0.25, -0.2) is 4.79 Å². The Bertz CT molecular complexity index is 895. The van der Waals surface area contributed by atoms with Crippen LogP contribution in [0.1, 0.15) is 62.2 Å². The summed E-state index contributed by atoms with van der Waals surface area (Å²) in [6.45, 7) is 3.14. The van der Waals surface area contributed by atoms with E-state index in [1.165, 1.54) is 0 Å².